The van der Waals surface area contributed by atoms with Crippen LogP contribution < -0.4 is 21.5 Å². The molecule has 334 valence electrons. The lowest BCUT2D eigenvalue weighted by Gasteiger charge is -2.41. The van der Waals surface area contributed by atoms with Gasteiger partial charge in [0.15, 0.2) is 0 Å². The summed E-state index contributed by atoms with van der Waals surface area (Å²) in [4.78, 5) is 67.1. The fourth-order valence-corrected chi connectivity index (χ4v) is 7.98. The molecule has 0 unspecified atom stereocenters. The first-order chi connectivity index (χ1) is 28.2. The Hall–Kier alpha value is -2.95. The fraction of sp³-hybridized carbons (Fsp3) is 0.851. The van der Waals surface area contributed by atoms with Crippen LogP contribution in [0, 0.1) is 5.41 Å². The minimum atomic E-state index is -0.493. The molecule has 1 fully saturated rings. The molecule has 1 heterocycles. The summed E-state index contributed by atoms with van der Waals surface area (Å²) < 4.78 is 11.8. The maximum atomic E-state index is 13.5. The number of piperidine rings is 1. The third kappa shape index (κ3) is 21.3. The van der Waals surface area contributed by atoms with E-state index in [0.717, 1.165) is 77.3 Å². The molecule has 11 heteroatoms. The first kappa shape index (κ1) is 51.2. The fourth-order valence-electron chi connectivity index (χ4n) is 7.98. The van der Waals surface area contributed by atoms with Crippen molar-refractivity contribution in [3.63, 3.8) is 0 Å². The van der Waals surface area contributed by atoms with Gasteiger partial charge in [0.05, 0.1) is 0 Å². The molecule has 0 spiro atoms. The number of hydrogen-bond acceptors (Lipinski definition) is 10. The molecule has 0 radical (unpaired) electrons. The third-order valence-corrected chi connectivity index (χ3v) is 12.1. The zero-order valence-corrected chi connectivity index (χ0v) is 37.5. The topological polar surface area (TPSA) is 134 Å². The lowest BCUT2D eigenvalue weighted by Crippen LogP contribution is -2.48. The maximum Gasteiger partial charge on any atom is 0.305 e. The molecule has 1 aliphatic rings. The smallest absolute Gasteiger partial charge is 0.305 e. The molecule has 58 heavy (non-hydrogen) atoms. The van der Waals surface area contributed by atoms with Crippen molar-refractivity contribution in [3.05, 3.63) is 20.4 Å². The number of ether oxygens (including phenoxy) is 2. The van der Waals surface area contributed by atoms with E-state index in [1.165, 1.54) is 77.0 Å². The number of likely N-dealkylation sites (tertiary alicyclic amines) is 1. The van der Waals surface area contributed by atoms with Gasteiger partial charge in [-0.2, -0.15) is 0 Å². The van der Waals surface area contributed by atoms with Gasteiger partial charge in [-0.25, -0.2) is 0 Å². The summed E-state index contributed by atoms with van der Waals surface area (Å²) in [6.07, 6.45) is 27.9. The quantitative estimate of drug-likeness (QED) is 0.0380. The van der Waals surface area contributed by atoms with Crippen LogP contribution in [0.1, 0.15) is 194 Å². The highest BCUT2D eigenvalue weighted by Gasteiger charge is 2.38. The Labute approximate surface area is 352 Å². The van der Waals surface area contributed by atoms with Gasteiger partial charge >= 0.3 is 11.9 Å². The van der Waals surface area contributed by atoms with Crippen LogP contribution in [-0.2, 0) is 23.9 Å². The predicted molar refractivity (Wildman–Crippen MR) is 238 cm³/mol. The highest BCUT2D eigenvalue weighted by molar-refractivity contribution is 5.76. The number of carbonyl (C=O) groups excluding carboxylic acids is 3. The largest absolute Gasteiger partial charge is 0.465 e. The number of nitrogens with one attached hydrogen (secondary N) is 2. The van der Waals surface area contributed by atoms with Crippen LogP contribution in [-0.4, -0.2) is 87.2 Å². The van der Waals surface area contributed by atoms with Crippen LogP contribution in [0.5, 0.6) is 0 Å². The van der Waals surface area contributed by atoms with Crippen molar-refractivity contribution in [2.24, 2.45) is 5.41 Å². The van der Waals surface area contributed by atoms with Crippen LogP contribution in [0.15, 0.2) is 9.59 Å². The molecule has 1 aliphatic heterocycles. The zero-order chi connectivity index (χ0) is 42.3. The van der Waals surface area contributed by atoms with Gasteiger partial charge in [-0.3, -0.25) is 24.0 Å². The summed E-state index contributed by atoms with van der Waals surface area (Å²) >= 11 is 0. The average Bonchev–Trinajstić information content (AvgIpc) is 3.23. The van der Waals surface area contributed by atoms with Gasteiger partial charge < -0.3 is 29.9 Å². The second-order valence-electron chi connectivity index (χ2n) is 17.1. The monoisotopic (exact) mass is 817 g/mol. The first-order valence-corrected chi connectivity index (χ1v) is 23.8. The second-order valence-corrected chi connectivity index (χ2v) is 17.1. The van der Waals surface area contributed by atoms with Crippen molar-refractivity contribution < 1.29 is 23.9 Å². The van der Waals surface area contributed by atoms with Gasteiger partial charge in [-0.15, -0.1) is 0 Å². The third-order valence-electron chi connectivity index (χ3n) is 12.1. The van der Waals surface area contributed by atoms with Crippen molar-refractivity contribution in [3.8, 4) is 0 Å². The van der Waals surface area contributed by atoms with Gasteiger partial charge in [-0.05, 0) is 51.6 Å². The Morgan fingerprint density at radius 1 is 0.569 bits per heavy atom. The molecule has 1 aromatic carbocycles. The van der Waals surface area contributed by atoms with Crippen LogP contribution in [0.2, 0.25) is 0 Å². The summed E-state index contributed by atoms with van der Waals surface area (Å²) in [6.45, 7) is 11.1. The van der Waals surface area contributed by atoms with Gasteiger partial charge in [0.2, 0.25) is 5.91 Å². The highest BCUT2D eigenvalue weighted by atomic mass is 16.5. The van der Waals surface area contributed by atoms with E-state index in [-0.39, 0.29) is 31.1 Å². The molecule has 0 bridgehead atoms. The first-order valence-electron chi connectivity index (χ1n) is 23.8. The molecule has 2 N–H and O–H groups in total. The van der Waals surface area contributed by atoms with Crippen molar-refractivity contribution in [2.45, 2.75) is 194 Å². The number of nitrogens with zero attached hydrogens (tertiary/aromatic N) is 2. The van der Waals surface area contributed by atoms with E-state index in [2.05, 4.69) is 36.3 Å². The zero-order valence-electron chi connectivity index (χ0n) is 37.5. The lowest BCUT2D eigenvalue weighted by molar-refractivity contribution is -0.158. The number of hydrogen-bond donors (Lipinski definition) is 2. The Morgan fingerprint density at radius 2 is 1.00 bits per heavy atom. The van der Waals surface area contributed by atoms with E-state index in [0.29, 0.717) is 69.7 Å². The van der Waals surface area contributed by atoms with Crippen LogP contribution >= 0.6 is 0 Å². The summed E-state index contributed by atoms with van der Waals surface area (Å²) in [6, 6.07) is 0. The van der Waals surface area contributed by atoms with Crippen molar-refractivity contribution in [1.29, 1.82) is 0 Å². The molecule has 1 aromatic rings. The van der Waals surface area contributed by atoms with Gasteiger partial charge in [0.1, 0.15) is 24.6 Å². The molecule has 11 nitrogen and oxygen atoms in total. The minimum Gasteiger partial charge on any atom is -0.465 e. The minimum absolute atomic E-state index is 0.110. The van der Waals surface area contributed by atoms with Crippen molar-refractivity contribution >= 4 is 29.2 Å². The molecule has 0 aromatic heterocycles. The van der Waals surface area contributed by atoms with Crippen molar-refractivity contribution in [1.82, 2.24) is 9.80 Å². The van der Waals surface area contributed by atoms with Crippen molar-refractivity contribution in [2.75, 3.05) is 70.2 Å². The standard InChI is InChI=1S/C47H84N4O7/c1-5-8-11-13-15-17-19-21-23-27-41(53)57-38-47(39-58-42(54)28-24-22-20-18-16-14-12-9-6-2)30-36-51(37-31-47)40(52)29-35-50(33-25-10-7-3)34-26-32-49-44-43(48-4)45(55)46(44)56/h48-49H,5-39H2,1-4H3. The van der Waals surface area contributed by atoms with E-state index in [9.17, 15) is 24.0 Å². The van der Waals surface area contributed by atoms with Gasteiger partial charge in [-0.1, -0.05) is 136 Å². The number of rotatable bonds is 37. The Bertz CT molecular complexity index is 1280. The number of anilines is 2. The summed E-state index contributed by atoms with van der Waals surface area (Å²) in [5.41, 5.74) is -0.730. The van der Waals surface area contributed by atoms with E-state index in [1.54, 1.807) is 7.05 Å². The molecule has 0 saturated carbocycles. The van der Waals surface area contributed by atoms with Gasteiger partial charge in [0, 0.05) is 57.9 Å². The number of esters is 2. The van der Waals surface area contributed by atoms with E-state index >= 15 is 0 Å². The Kier molecular flexibility index (Phi) is 28.2. The van der Waals surface area contributed by atoms with Crippen LogP contribution in [0.25, 0.3) is 0 Å². The number of carbonyl (C=O) groups is 3. The average molecular weight is 817 g/mol. The lowest BCUT2D eigenvalue weighted by atomic mass is 9.79. The van der Waals surface area contributed by atoms with E-state index < -0.39 is 16.3 Å². The Morgan fingerprint density at radius 3 is 1.48 bits per heavy atom. The Balaban J connectivity index is 1.85. The summed E-state index contributed by atoms with van der Waals surface area (Å²) in [7, 11) is 1.64. The predicted octanol–water partition coefficient (Wildman–Crippen LogP) is 9.55. The molecular formula is C47H84N4O7. The molecule has 0 atom stereocenters. The maximum absolute atomic E-state index is 13.5. The molecule has 0 aliphatic carbocycles. The van der Waals surface area contributed by atoms with E-state index in [1.807, 2.05) is 4.90 Å². The molecule has 1 amide bonds. The van der Waals surface area contributed by atoms with Gasteiger partial charge in [0.25, 0.3) is 10.9 Å². The number of unbranched alkanes of at least 4 members (excludes halogenated alkanes) is 18. The van der Waals surface area contributed by atoms with Crippen LogP contribution in [0.3, 0.4) is 0 Å². The highest BCUT2D eigenvalue weighted by Crippen LogP contribution is 2.33. The second kappa shape index (κ2) is 31.9. The molecular weight excluding hydrogens is 733 g/mol. The summed E-state index contributed by atoms with van der Waals surface area (Å²) in [5, 5.41) is 5.91. The SMILES string of the molecule is CCCCCCCCCCCC(=O)OCC1(COC(=O)CCCCCCCCCCC)CCN(C(=O)CCN(CCCCC)CCCNc2c(NC)c(=O)c2=O)CC1. The van der Waals surface area contributed by atoms with E-state index in [4.69, 9.17) is 9.47 Å². The van der Waals surface area contributed by atoms with Crippen LogP contribution in [0.4, 0.5) is 11.4 Å². The molecule has 2 rings (SSSR count). The normalized spacial score (nSPS) is 13.9. The number of amides is 1. The summed E-state index contributed by atoms with van der Waals surface area (Å²) in [5.74, 6) is -0.265. The molecule has 1 saturated heterocycles.